The second-order valence-electron chi connectivity index (χ2n) is 9.02. The molecule has 4 nitrogen and oxygen atoms in total. The van der Waals surface area contributed by atoms with Crippen LogP contribution in [0.1, 0.15) is 38.8 Å². The number of fused-ring (bicyclic) bond motifs is 2. The van der Waals surface area contributed by atoms with Gasteiger partial charge in [0, 0.05) is 11.1 Å². The van der Waals surface area contributed by atoms with Crippen LogP contribution in [0.2, 0.25) is 0 Å². The van der Waals surface area contributed by atoms with Crippen LogP contribution in [0.3, 0.4) is 0 Å². The highest BCUT2D eigenvalue weighted by atomic mass is 16.5. The molecule has 0 saturated heterocycles. The lowest BCUT2D eigenvalue weighted by molar-refractivity contribution is 0.292. The molecule has 0 aromatic heterocycles. The summed E-state index contributed by atoms with van der Waals surface area (Å²) in [5, 5.41) is 4.68. The van der Waals surface area contributed by atoms with Gasteiger partial charge < -0.3 is 9.47 Å². The van der Waals surface area contributed by atoms with Gasteiger partial charge in [-0.3, -0.25) is 0 Å². The Morgan fingerprint density at radius 2 is 1.17 bits per heavy atom. The van der Waals surface area contributed by atoms with Crippen LogP contribution >= 0.6 is 0 Å². The maximum Gasteiger partial charge on any atom is 0.217 e. The Hall–Kier alpha value is -2.88. The van der Waals surface area contributed by atoms with Gasteiger partial charge in [0.15, 0.2) is 0 Å². The van der Waals surface area contributed by atoms with Gasteiger partial charge in [0.2, 0.25) is 11.8 Å². The molecule has 4 heteroatoms. The molecule has 2 atom stereocenters. The summed E-state index contributed by atoms with van der Waals surface area (Å²) in [6.45, 7) is 10.1. The zero-order chi connectivity index (χ0) is 20.8. The number of hydrogen-bond donors (Lipinski definition) is 0. The summed E-state index contributed by atoms with van der Waals surface area (Å²) in [6, 6.07) is 17.6. The molecular weight excluding hydrogens is 372 g/mol. The minimum atomic E-state index is 0.223. The van der Waals surface area contributed by atoms with E-state index in [9.17, 15) is 0 Å². The lowest BCUT2D eigenvalue weighted by Gasteiger charge is -2.11. The van der Waals surface area contributed by atoms with Gasteiger partial charge in [0.25, 0.3) is 0 Å². The molecule has 3 aromatic rings. The van der Waals surface area contributed by atoms with Crippen molar-refractivity contribution in [3.63, 3.8) is 0 Å². The molecule has 0 aliphatic carbocycles. The Kier molecular flexibility index (Phi) is 4.73. The van der Waals surface area contributed by atoms with E-state index >= 15 is 0 Å². The van der Waals surface area contributed by atoms with E-state index in [1.165, 1.54) is 10.8 Å². The molecule has 2 aliphatic rings. The van der Waals surface area contributed by atoms with Crippen molar-refractivity contribution in [2.75, 3.05) is 13.2 Å². The minimum Gasteiger partial charge on any atom is -0.475 e. The molecule has 0 amide bonds. The second kappa shape index (κ2) is 7.42. The van der Waals surface area contributed by atoms with Gasteiger partial charge in [-0.05, 0) is 57.6 Å². The standard InChI is InChI=1S/C26H28N2O2/c1-15(2)23-13-29-25(27-23)19-9-5-7-17-11-18-8-6-10-20(22(18)12-21(17)19)26-28-24(14-30-26)16(3)4/h5-12,15-16,23-24H,13-14H2,1-4H3. The maximum atomic E-state index is 6.01. The summed E-state index contributed by atoms with van der Waals surface area (Å²) in [4.78, 5) is 9.73. The highest BCUT2D eigenvalue weighted by Gasteiger charge is 2.26. The first-order chi connectivity index (χ1) is 14.5. The van der Waals surface area contributed by atoms with Crippen LogP contribution in [0.4, 0.5) is 0 Å². The quantitative estimate of drug-likeness (QED) is 0.535. The summed E-state index contributed by atoms with van der Waals surface area (Å²) >= 11 is 0. The van der Waals surface area contributed by atoms with Crippen LogP contribution in [0, 0.1) is 11.8 Å². The predicted octanol–water partition coefficient (Wildman–Crippen LogP) is 5.60. The van der Waals surface area contributed by atoms with Crippen molar-refractivity contribution in [1.29, 1.82) is 0 Å². The van der Waals surface area contributed by atoms with Crippen molar-refractivity contribution in [2.24, 2.45) is 21.8 Å². The van der Waals surface area contributed by atoms with E-state index in [1.54, 1.807) is 0 Å². The number of hydrogen-bond acceptors (Lipinski definition) is 4. The average Bonchev–Trinajstić information content (AvgIpc) is 3.41. The van der Waals surface area contributed by atoms with Gasteiger partial charge in [0.05, 0.1) is 12.1 Å². The fraction of sp³-hybridized carbons (Fsp3) is 0.385. The first-order valence-electron chi connectivity index (χ1n) is 10.9. The van der Waals surface area contributed by atoms with Crippen LogP contribution in [-0.2, 0) is 9.47 Å². The molecular formula is C26H28N2O2. The molecule has 3 aromatic carbocycles. The number of ether oxygens (including phenoxy) is 2. The average molecular weight is 401 g/mol. The third-order valence-electron chi connectivity index (χ3n) is 6.23. The normalized spacial score (nSPS) is 21.3. The number of nitrogens with zero attached hydrogens (tertiary/aromatic N) is 2. The fourth-order valence-corrected chi connectivity index (χ4v) is 4.18. The first kappa shape index (κ1) is 19.1. The predicted molar refractivity (Wildman–Crippen MR) is 124 cm³/mol. The van der Waals surface area contributed by atoms with Gasteiger partial charge in [-0.1, -0.05) is 52.0 Å². The fourth-order valence-electron chi connectivity index (χ4n) is 4.18. The Bertz CT molecular complexity index is 1090. The van der Waals surface area contributed by atoms with Crippen molar-refractivity contribution in [3.05, 3.63) is 59.7 Å². The molecule has 0 fully saturated rings. The van der Waals surface area contributed by atoms with Gasteiger partial charge in [0.1, 0.15) is 13.2 Å². The van der Waals surface area contributed by atoms with E-state index in [-0.39, 0.29) is 12.1 Å². The highest BCUT2D eigenvalue weighted by molar-refractivity contribution is 6.15. The van der Waals surface area contributed by atoms with Crippen molar-refractivity contribution in [1.82, 2.24) is 0 Å². The topological polar surface area (TPSA) is 43.2 Å². The Labute approximate surface area is 177 Å². The lowest BCUT2D eigenvalue weighted by Crippen LogP contribution is -2.13. The Morgan fingerprint density at radius 3 is 1.57 bits per heavy atom. The van der Waals surface area contributed by atoms with E-state index in [0.29, 0.717) is 25.0 Å². The minimum absolute atomic E-state index is 0.223. The number of benzene rings is 3. The highest BCUT2D eigenvalue weighted by Crippen LogP contribution is 2.31. The molecule has 154 valence electrons. The maximum absolute atomic E-state index is 6.01. The van der Waals surface area contributed by atoms with Crippen LogP contribution < -0.4 is 0 Å². The van der Waals surface area contributed by atoms with E-state index in [2.05, 4.69) is 76.2 Å². The summed E-state index contributed by atoms with van der Waals surface area (Å²) in [5.74, 6) is 2.45. The molecule has 0 radical (unpaired) electrons. The molecule has 5 rings (SSSR count). The number of aliphatic imine (C=N–C) groups is 2. The molecule has 0 saturated carbocycles. The van der Waals surface area contributed by atoms with E-state index < -0.39 is 0 Å². The van der Waals surface area contributed by atoms with Gasteiger partial charge >= 0.3 is 0 Å². The zero-order valence-electron chi connectivity index (χ0n) is 18.1. The van der Waals surface area contributed by atoms with Crippen LogP contribution in [-0.4, -0.2) is 37.1 Å². The lowest BCUT2D eigenvalue weighted by atomic mass is 9.96. The largest absolute Gasteiger partial charge is 0.475 e. The third kappa shape index (κ3) is 3.24. The summed E-state index contributed by atoms with van der Waals surface area (Å²) < 4.78 is 12.0. The first-order valence-corrected chi connectivity index (χ1v) is 10.9. The zero-order valence-corrected chi connectivity index (χ0v) is 18.1. The second-order valence-corrected chi connectivity index (χ2v) is 9.02. The van der Waals surface area contributed by atoms with Crippen molar-refractivity contribution in [3.8, 4) is 0 Å². The van der Waals surface area contributed by atoms with Crippen molar-refractivity contribution >= 4 is 33.3 Å². The van der Waals surface area contributed by atoms with E-state index in [4.69, 9.17) is 19.5 Å². The van der Waals surface area contributed by atoms with Gasteiger partial charge in [-0.2, -0.15) is 0 Å². The van der Waals surface area contributed by atoms with E-state index in [0.717, 1.165) is 33.7 Å². The summed E-state index contributed by atoms with van der Waals surface area (Å²) in [7, 11) is 0. The molecule has 0 spiro atoms. The monoisotopic (exact) mass is 400 g/mol. The van der Waals surface area contributed by atoms with E-state index in [1.807, 2.05) is 0 Å². The Balaban J connectivity index is 1.67. The Morgan fingerprint density at radius 1 is 0.700 bits per heavy atom. The van der Waals surface area contributed by atoms with Crippen molar-refractivity contribution in [2.45, 2.75) is 39.8 Å². The third-order valence-corrected chi connectivity index (χ3v) is 6.23. The van der Waals surface area contributed by atoms with Crippen molar-refractivity contribution < 1.29 is 9.47 Å². The van der Waals surface area contributed by atoms with Crippen LogP contribution in [0.25, 0.3) is 21.5 Å². The molecule has 2 aliphatic heterocycles. The number of rotatable bonds is 4. The van der Waals surface area contributed by atoms with Crippen LogP contribution in [0.5, 0.6) is 0 Å². The molecule has 2 unspecified atom stereocenters. The molecule has 2 heterocycles. The smallest absolute Gasteiger partial charge is 0.217 e. The summed E-state index contributed by atoms with van der Waals surface area (Å²) in [6.07, 6.45) is 0. The molecule has 0 bridgehead atoms. The van der Waals surface area contributed by atoms with Gasteiger partial charge in [-0.15, -0.1) is 0 Å². The van der Waals surface area contributed by atoms with Gasteiger partial charge in [-0.25, -0.2) is 9.98 Å². The summed E-state index contributed by atoms with van der Waals surface area (Å²) in [5.41, 5.74) is 2.11. The molecule has 0 N–H and O–H groups in total. The van der Waals surface area contributed by atoms with Crippen LogP contribution in [0.15, 0.2) is 58.5 Å². The SMILES string of the molecule is CC(C)C1COC(c2cccc3cc4cccc(C5=NC(C(C)C)CO5)c4cc23)=N1. The molecule has 30 heavy (non-hydrogen) atoms.